The summed E-state index contributed by atoms with van der Waals surface area (Å²) in [6.45, 7) is 6.56. The minimum atomic E-state index is -4.49. The second-order valence-corrected chi connectivity index (χ2v) is 10.5. The molecule has 2 aromatic heterocycles. The molecule has 1 saturated carbocycles. The Kier molecular flexibility index (Phi) is 7.14. The average molecular weight is 510 g/mol. The van der Waals surface area contributed by atoms with Gasteiger partial charge >= 0.3 is 12.2 Å². The van der Waals surface area contributed by atoms with Crippen molar-refractivity contribution in [3.05, 3.63) is 29.1 Å². The lowest BCUT2D eigenvalue weighted by molar-refractivity contribution is -0.115. The van der Waals surface area contributed by atoms with Crippen LogP contribution in [0.4, 0.5) is 29.3 Å². The van der Waals surface area contributed by atoms with Crippen molar-refractivity contribution in [3.63, 3.8) is 0 Å². The highest BCUT2D eigenvalue weighted by molar-refractivity contribution is 5.91. The quantitative estimate of drug-likeness (QED) is 0.353. The first-order valence-corrected chi connectivity index (χ1v) is 12.0. The Hall–Kier alpha value is -2.95. The van der Waals surface area contributed by atoms with E-state index in [2.05, 4.69) is 25.8 Å². The molecule has 0 saturated heterocycles. The third-order valence-electron chi connectivity index (χ3n) is 6.44. The molecular formula is C25H31F4N5O2. The summed E-state index contributed by atoms with van der Waals surface area (Å²) in [7, 11) is 0. The van der Waals surface area contributed by atoms with Crippen molar-refractivity contribution in [2.75, 3.05) is 23.7 Å². The molecule has 0 amide bonds. The van der Waals surface area contributed by atoms with Crippen molar-refractivity contribution in [2.45, 2.75) is 71.1 Å². The minimum absolute atomic E-state index is 0.143. The van der Waals surface area contributed by atoms with Crippen LogP contribution in [0, 0.1) is 18.7 Å². The Morgan fingerprint density at radius 1 is 1.11 bits per heavy atom. The van der Waals surface area contributed by atoms with Crippen LogP contribution in [0.15, 0.2) is 16.5 Å². The van der Waals surface area contributed by atoms with Crippen LogP contribution in [0.1, 0.15) is 57.6 Å². The number of anilines is 2. The number of hydrogen-bond donors (Lipinski definition) is 3. The van der Waals surface area contributed by atoms with Crippen molar-refractivity contribution < 1.29 is 27.1 Å². The Morgan fingerprint density at radius 2 is 1.86 bits per heavy atom. The maximum absolute atomic E-state index is 15.4. The van der Waals surface area contributed by atoms with Gasteiger partial charge in [0.05, 0.1) is 17.3 Å². The molecule has 0 bridgehead atoms. The second kappa shape index (κ2) is 9.84. The number of nitrogens with one attached hydrogen (secondary N) is 2. The van der Waals surface area contributed by atoms with E-state index in [-0.39, 0.29) is 29.1 Å². The topological polar surface area (TPSA) is 96.1 Å². The van der Waals surface area contributed by atoms with E-state index in [1.165, 1.54) is 6.07 Å². The lowest BCUT2D eigenvalue weighted by Gasteiger charge is -2.25. The summed E-state index contributed by atoms with van der Waals surface area (Å²) >= 11 is 0. The molecule has 1 aliphatic carbocycles. The van der Waals surface area contributed by atoms with E-state index in [0.29, 0.717) is 34.8 Å². The molecule has 3 aromatic rings. The first-order chi connectivity index (χ1) is 16.8. The molecule has 1 fully saturated rings. The van der Waals surface area contributed by atoms with Gasteiger partial charge in [0.2, 0.25) is 0 Å². The number of rotatable bonds is 6. The molecule has 1 aromatic carbocycles. The van der Waals surface area contributed by atoms with Crippen molar-refractivity contribution in [1.82, 2.24) is 15.2 Å². The zero-order chi connectivity index (χ0) is 26.3. The molecule has 0 spiro atoms. The Morgan fingerprint density at radius 3 is 2.53 bits per heavy atom. The standard InChI is InChI=1S/C25H31F4N5O2/c1-13-8-18(22-33-34-23(36-22)30-11-14-6-5-7-15(35)9-14)32-21-16(24(2,3)4)10-17(20(26)19(13)21)31-12-25(27,28)29/h8,10,14-15,31,35H,5-7,9,11-12H2,1-4H3,(H,30,34). The van der Waals surface area contributed by atoms with Gasteiger partial charge in [0.1, 0.15) is 12.2 Å². The lowest BCUT2D eigenvalue weighted by atomic mass is 9.84. The Balaban J connectivity index is 1.67. The number of pyridine rings is 1. The van der Waals surface area contributed by atoms with E-state index in [9.17, 15) is 18.3 Å². The maximum Gasteiger partial charge on any atom is 0.405 e. The molecule has 36 heavy (non-hydrogen) atoms. The highest BCUT2D eigenvalue weighted by Crippen LogP contribution is 2.38. The monoisotopic (exact) mass is 509 g/mol. The fraction of sp³-hybridized carbons (Fsp3) is 0.560. The summed E-state index contributed by atoms with van der Waals surface area (Å²) in [6, 6.07) is 3.19. The number of fused-ring (bicyclic) bond motifs is 1. The van der Waals surface area contributed by atoms with Gasteiger partial charge in [-0.1, -0.05) is 32.3 Å². The number of nitrogens with zero attached hydrogens (tertiary/aromatic N) is 3. The van der Waals surface area contributed by atoms with Crippen molar-refractivity contribution in [2.24, 2.45) is 5.92 Å². The first kappa shape index (κ1) is 26.1. The van der Waals surface area contributed by atoms with Crippen LogP contribution in [0.2, 0.25) is 0 Å². The zero-order valence-electron chi connectivity index (χ0n) is 20.8. The van der Waals surface area contributed by atoms with Gasteiger partial charge in [-0.25, -0.2) is 9.37 Å². The van der Waals surface area contributed by atoms with Gasteiger partial charge in [0.15, 0.2) is 5.82 Å². The summed E-state index contributed by atoms with van der Waals surface area (Å²) in [4.78, 5) is 4.61. The largest absolute Gasteiger partial charge is 0.405 e. The summed E-state index contributed by atoms with van der Waals surface area (Å²) in [5.41, 5.74) is 0.982. The molecule has 2 heterocycles. The smallest absolute Gasteiger partial charge is 0.402 e. The molecule has 7 nitrogen and oxygen atoms in total. The number of aliphatic hydroxyl groups is 1. The minimum Gasteiger partial charge on any atom is -0.402 e. The number of aliphatic hydroxyl groups excluding tert-OH is 1. The molecule has 0 radical (unpaired) electrons. The number of aromatic nitrogens is 3. The van der Waals surface area contributed by atoms with Gasteiger partial charge in [-0.15, -0.1) is 5.10 Å². The predicted octanol–water partition coefficient (Wildman–Crippen LogP) is 5.97. The molecule has 3 N–H and O–H groups in total. The first-order valence-electron chi connectivity index (χ1n) is 12.0. The van der Waals surface area contributed by atoms with Gasteiger partial charge < -0.3 is 20.2 Å². The van der Waals surface area contributed by atoms with Gasteiger partial charge in [0, 0.05) is 11.9 Å². The second-order valence-electron chi connectivity index (χ2n) is 10.5. The fourth-order valence-corrected chi connectivity index (χ4v) is 4.64. The van der Waals surface area contributed by atoms with Crippen LogP contribution in [-0.2, 0) is 5.41 Å². The molecule has 0 aliphatic heterocycles. The number of aryl methyl sites for hydroxylation is 1. The Labute approximate surface area is 206 Å². The lowest BCUT2D eigenvalue weighted by Crippen LogP contribution is -2.25. The van der Waals surface area contributed by atoms with Gasteiger partial charge in [-0.05, 0) is 60.8 Å². The predicted molar refractivity (Wildman–Crippen MR) is 129 cm³/mol. The summed E-state index contributed by atoms with van der Waals surface area (Å²) in [6.07, 6.45) is -1.23. The van der Waals surface area contributed by atoms with Crippen LogP contribution in [-0.4, -0.2) is 45.7 Å². The number of hydrogen-bond acceptors (Lipinski definition) is 7. The van der Waals surface area contributed by atoms with Crippen molar-refractivity contribution >= 4 is 22.6 Å². The fourth-order valence-electron chi connectivity index (χ4n) is 4.64. The maximum atomic E-state index is 15.4. The van der Waals surface area contributed by atoms with Crippen LogP contribution >= 0.6 is 0 Å². The summed E-state index contributed by atoms with van der Waals surface area (Å²) in [5.74, 6) is -0.338. The molecular weight excluding hydrogens is 478 g/mol. The van der Waals surface area contributed by atoms with Gasteiger partial charge in [-0.3, -0.25) is 0 Å². The van der Waals surface area contributed by atoms with E-state index in [0.717, 1.165) is 25.7 Å². The highest BCUT2D eigenvalue weighted by atomic mass is 19.4. The molecule has 2 unspecified atom stereocenters. The van der Waals surface area contributed by atoms with Crippen molar-refractivity contribution in [1.29, 1.82) is 0 Å². The van der Waals surface area contributed by atoms with Crippen LogP contribution < -0.4 is 10.6 Å². The third-order valence-corrected chi connectivity index (χ3v) is 6.44. The highest BCUT2D eigenvalue weighted by Gasteiger charge is 2.29. The number of benzene rings is 1. The van der Waals surface area contributed by atoms with E-state index in [4.69, 9.17) is 4.42 Å². The van der Waals surface area contributed by atoms with Crippen LogP contribution in [0.3, 0.4) is 0 Å². The van der Waals surface area contributed by atoms with Gasteiger partial charge in [-0.2, -0.15) is 13.2 Å². The van der Waals surface area contributed by atoms with Crippen LogP contribution in [0.25, 0.3) is 22.5 Å². The van der Waals surface area contributed by atoms with E-state index in [1.807, 2.05) is 20.8 Å². The van der Waals surface area contributed by atoms with E-state index >= 15 is 4.39 Å². The summed E-state index contributed by atoms with van der Waals surface area (Å²) in [5, 5.41) is 23.4. The molecule has 1 aliphatic rings. The van der Waals surface area contributed by atoms with Gasteiger partial charge in [0.25, 0.3) is 5.89 Å². The third kappa shape index (κ3) is 5.88. The number of halogens is 4. The molecule has 11 heteroatoms. The summed E-state index contributed by atoms with van der Waals surface area (Å²) < 4.78 is 59.5. The van der Waals surface area contributed by atoms with Crippen molar-refractivity contribution in [3.8, 4) is 11.6 Å². The zero-order valence-corrected chi connectivity index (χ0v) is 20.8. The van der Waals surface area contributed by atoms with E-state index < -0.39 is 24.0 Å². The SMILES string of the molecule is Cc1cc(-c2nnc(NCC3CCCC(O)C3)o2)nc2c(C(C)(C)C)cc(NCC(F)(F)F)c(F)c12. The average Bonchev–Trinajstić information content (AvgIpc) is 3.24. The van der Waals surface area contributed by atoms with Crippen LogP contribution in [0.5, 0.6) is 0 Å². The molecule has 196 valence electrons. The molecule has 4 rings (SSSR count). The Bertz CT molecular complexity index is 1240. The molecule has 2 atom stereocenters. The van der Waals surface area contributed by atoms with E-state index in [1.54, 1.807) is 13.0 Å². The normalized spacial score (nSPS) is 19.0. The number of alkyl halides is 3.